The minimum atomic E-state index is -1.00. The summed E-state index contributed by atoms with van der Waals surface area (Å²) in [6.45, 7) is 3.66. The van der Waals surface area contributed by atoms with Crippen LogP contribution in [-0.4, -0.2) is 31.6 Å². The molecule has 0 radical (unpaired) electrons. The molecular formula is C14H12N4O3S. The van der Waals surface area contributed by atoms with Gasteiger partial charge in [-0.25, -0.2) is 4.79 Å². The Morgan fingerprint density at radius 3 is 2.45 bits per heavy atom. The second kappa shape index (κ2) is 5.23. The number of aromatic carboxylic acids is 1. The van der Waals surface area contributed by atoms with Gasteiger partial charge in [-0.2, -0.15) is 0 Å². The minimum absolute atomic E-state index is 0.172. The van der Waals surface area contributed by atoms with E-state index in [1.807, 2.05) is 18.2 Å². The van der Waals surface area contributed by atoms with Crippen LogP contribution in [0, 0.1) is 13.8 Å². The van der Waals surface area contributed by atoms with E-state index >= 15 is 0 Å². The molecule has 8 heteroatoms. The fraction of sp³-hybridized carbons (Fsp3) is 0.143. The zero-order chi connectivity index (χ0) is 15.9. The van der Waals surface area contributed by atoms with Crippen LogP contribution in [0.15, 0.2) is 24.3 Å². The Balaban J connectivity index is 1.86. The van der Waals surface area contributed by atoms with Crippen LogP contribution in [0.25, 0.3) is 4.96 Å². The van der Waals surface area contributed by atoms with Gasteiger partial charge in [0.05, 0.1) is 5.56 Å². The summed E-state index contributed by atoms with van der Waals surface area (Å²) in [4.78, 5) is 24.4. The van der Waals surface area contributed by atoms with E-state index in [0.29, 0.717) is 15.5 Å². The molecule has 0 aliphatic heterocycles. The van der Waals surface area contributed by atoms with Crippen molar-refractivity contribution in [2.24, 2.45) is 0 Å². The number of aromatic nitrogens is 3. The van der Waals surface area contributed by atoms with E-state index < -0.39 is 5.97 Å². The van der Waals surface area contributed by atoms with Crippen molar-refractivity contribution in [3.05, 3.63) is 46.2 Å². The number of amides is 1. The first kappa shape index (κ1) is 14.2. The van der Waals surface area contributed by atoms with Crippen LogP contribution in [0.4, 0.5) is 5.69 Å². The highest BCUT2D eigenvalue weighted by Gasteiger charge is 2.18. The zero-order valence-electron chi connectivity index (χ0n) is 11.8. The molecule has 0 atom stereocenters. The number of nitrogens with zero attached hydrogens (tertiary/aromatic N) is 3. The number of carboxylic acids is 1. The maximum atomic E-state index is 12.4. The van der Waals surface area contributed by atoms with Crippen molar-refractivity contribution in [2.45, 2.75) is 13.8 Å². The van der Waals surface area contributed by atoms with E-state index in [1.165, 1.54) is 23.5 Å². The zero-order valence-corrected chi connectivity index (χ0v) is 12.6. The molecule has 2 N–H and O–H groups in total. The van der Waals surface area contributed by atoms with Crippen molar-refractivity contribution in [1.82, 2.24) is 14.6 Å². The number of hydrogen-bond acceptors (Lipinski definition) is 5. The third-order valence-corrected chi connectivity index (χ3v) is 4.38. The minimum Gasteiger partial charge on any atom is -0.478 e. The number of hydrogen-bond donors (Lipinski definition) is 2. The van der Waals surface area contributed by atoms with Gasteiger partial charge >= 0.3 is 5.97 Å². The van der Waals surface area contributed by atoms with Crippen molar-refractivity contribution in [3.8, 4) is 0 Å². The van der Waals surface area contributed by atoms with Crippen molar-refractivity contribution in [1.29, 1.82) is 0 Å². The standard InChI is InChI=1S/C14H12N4O3S/c1-7-11(22-14-17-16-8(2)18(7)14)12(19)15-10-5-3-9(4-6-10)13(20)21/h3-6H,1-2H3,(H,15,19)(H,20,21). The lowest BCUT2D eigenvalue weighted by Crippen LogP contribution is -2.12. The molecule has 0 saturated heterocycles. The second-order valence-corrected chi connectivity index (χ2v) is 5.70. The Labute approximate surface area is 129 Å². The Kier molecular flexibility index (Phi) is 3.38. The molecule has 2 aromatic heterocycles. The largest absolute Gasteiger partial charge is 0.478 e. The van der Waals surface area contributed by atoms with E-state index in [0.717, 1.165) is 11.5 Å². The predicted molar refractivity (Wildman–Crippen MR) is 81.7 cm³/mol. The molecule has 0 spiro atoms. The van der Waals surface area contributed by atoms with Gasteiger partial charge in [-0.3, -0.25) is 9.20 Å². The summed E-state index contributed by atoms with van der Waals surface area (Å²) >= 11 is 1.26. The Bertz CT molecular complexity index is 880. The molecule has 1 amide bonds. The van der Waals surface area contributed by atoms with Crippen LogP contribution in [0.3, 0.4) is 0 Å². The maximum Gasteiger partial charge on any atom is 0.335 e. The van der Waals surface area contributed by atoms with Crippen LogP contribution in [0.1, 0.15) is 31.5 Å². The van der Waals surface area contributed by atoms with Crippen LogP contribution < -0.4 is 5.32 Å². The maximum absolute atomic E-state index is 12.4. The second-order valence-electron chi connectivity index (χ2n) is 4.72. The smallest absolute Gasteiger partial charge is 0.335 e. The molecule has 0 aliphatic rings. The number of nitrogens with one attached hydrogen (secondary N) is 1. The van der Waals surface area contributed by atoms with Crippen molar-refractivity contribution in [2.75, 3.05) is 5.32 Å². The van der Waals surface area contributed by atoms with Gasteiger partial charge in [-0.1, -0.05) is 11.3 Å². The van der Waals surface area contributed by atoms with Gasteiger partial charge in [0.2, 0.25) is 4.96 Å². The fourth-order valence-electron chi connectivity index (χ4n) is 2.16. The molecule has 7 nitrogen and oxygen atoms in total. The first-order valence-electron chi connectivity index (χ1n) is 6.43. The molecule has 3 rings (SSSR count). The predicted octanol–water partition coefficient (Wildman–Crippen LogP) is 2.36. The molecule has 112 valence electrons. The fourth-order valence-corrected chi connectivity index (χ4v) is 3.16. The summed E-state index contributed by atoms with van der Waals surface area (Å²) in [7, 11) is 0. The number of rotatable bonds is 3. The normalized spacial score (nSPS) is 10.8. The monoisotopic (exact) mass is 316 g/mol. The van der Waals surface area contributed by atoms with Crippen molar-refractivity contribution < 1.29 is 14.7 Å². The van der Waals surface area contributed by atoms with E-state index in [-0.39, 0.29) is 11.5 Å². The molecular weight excluding hydrogens is 304 g/mol. The van der Waals surface area contributed by atoms with E-state index in [1.54, 1.807) is 12.1 Å². The summed E-state index contributed by atoms with van der Waals surface area (Å²) in [6, 6.07) is 6.00. The van der Waals surface area contributed by atoms with Crippen molar-refractivity contribution in [3.63, 3.8) is 0 Å². The first-order chi connectivity index (χ1) is 10.5. The number of carbonyl (C=O) groups is 2. The highest BCUT2D eigenvalue weighted by molar-refractivity contribution is 7.19. The van der Waals surface area contributed by atoms with Crippen LogP contribution in [0.5, 0.6) is 0 Å². The number of aryl methyl sites for hydroxylation is 2. The summed E-state index contributed by atoms with van der Waals surface area (Å²) in [5, 5.41) is 19.6. The van der Waals surface area contributed by atoms with Gasteiger partial charge in [0, 0.05) is 11.4 Å². The Morgan fingerprint density at radius 1 is 1.18 bits per heavy atom. The van der Waals surface area contributed by atoms with Crippen LogP contribution in [-0.2, 0) is 0 Å². The molecule has 0 aliphatic carbocycles. The molecule has 0 unspecified atom stereocenters. The lowest BCUT2D eigenvalue weighted by molar-refractivity contribution is 0.0696. The van der Waals surface area contributed by atoms with E-state index in [4.69, 9.17) is 5.11 Å². The number of fused-ring (bicyclic) bond motifs is 1. The average molecular weight is 316 g/mol. The summed E-state index contributed by atoms with van der Waals surface area (Å²) in [6.07, 6.45) is 0. The molecule has 3 aromatic rings. The Morgan fingerprint density at radius 2 is 1.86 bits per heavy atom. The summed E-state index contributed by atoms with van der Waals surface area (Å²) < 4.78 is 1.83. The molecule has 0 fully saturated rings. The molecule has 0 bridgehead atoms. The van der Waals surface area contributed by atoms with Crippen molar-refractivity contribution >= 4 is 33.9 Å². The number of thiazole rings is 1. The third kappa shape index (κ3) is 2.33. The van der Waals surface area contributed by atoms with Gasteiger partial charge in [0.1, 0.15) is 10.7 Å². The highest BCUT2D eigenvalue weighted by atomic mass is 32.1. The highest BCUT2D eigenvalue weighted by Crippen LogP contribution is 2.23. The Hall–Kier alpha value is -2.74. The topological polar surface area (TPSA) is 96.6 Å². The van der Waals surface area contributed by atoms with Gasteiger partial charge < -0.3 is 10.4 Å². The lowest BCUT2D eigenvalue weighted by atomic mass is 10.2. The summed E-state index contributed by atoms with van der Waals surface area (Å²) in [5.74, 6) is -0.528. The molecule has 1 aromatic carbocycles. The van der Waals surface area contributed by atoms with Crippen LogP contribution >= 0.6 is 11.3 Å². The van der Waals surface area contributed by atoms with Gasteiger partial charge in [0.15, 0.2) is 0 Å². The SMILES string of the molecule is Cc1nnc2sc(C(=O)Nc3ccc(C(=O)O)cc3)c(C)n12. The van der Waals surface area contributed by atoms with Gasteiger partial charge in [0.25, 0.3) is 5.91 Å². The lowest BCUT2D eigenvalue weighted by Gasteiger charge is -2.05. The molecule has 0 saturated carbocycles. The first-order valence-corrected chi connectivity index (χ1v) is 7.25. The number of carbonyl (C=O) groups excluding carboxylic acids is 1. The molecule has 2 heterocycles. The average Bonchev–Trinajstić information content (AvgIpc) is 3.01. The molecule has 22 heavy (non-hydrogen) atoms. The van der Waals surface area contributed by atoms with Crippen LogP contribution in [0.2, 0.25) is 0 Å². The van der Waals surface area contributed by atoms with Gasteiger partial charge in [-0.15, -0.1) is 10.2 Å². The number of anilines is 1. The third-order valence-electron chi connectivity index (χ3n) is 3.25. The summed E-state index contributed by atoms with van der Waals surface area (Å²) in [5.41, 5.74) is 1.49. The van der Waals surface area contributed by atoms with Gasteiger partial charge in [-0.05, 0) is 38.1 Å². The number of benzene rings is 1. The number of carboxylic acid groups (broad SMARTS) is 1. The quantitative estimate of drug-likeness (QED) is 0.773. The van der Waals surface area contributed by atoms with E-state index in [9.17, 15) is 9.59 Å². The van der Waals surface area contributed by atoms with E-state index in [2.05, 4.69) is 15.5 Å².